The molecule has 0 aliphatic rings. The molecule has 13 heavy (non-hydrogen) atoms. The van der Waals surface area contributed by atoms with Crippen LogP contribution in [-0.4, -0.2) is 11.0 Å². The van der Waals surface area contributed by atoms with Gasteiger partial charge in [-0.2, -0.15) is 0 Å². The van der Waals surface area contributed by atoms with Crippen LogP contribution in [0.2, 0.25) is 0 Å². The third-order valence-corrected chi connectivity index (χ3v) is 1.49. The van der Waals surface area contributed by atoms with Crippen molar-refractivity contribution in [3.63, 3.8) is 0 Å². The fraction of sp³-hybridized carbons (Fsp3) is 0.100. The number of phenols is 1. The number of rotatable bonds is 2. The zero-order chi connectivity index (χ0) is 9.68. The van der Waals surface area contributed by atoms with Gasteiger partial charge in [0.2, 0.25) is 0 Å². The van der Waals surface area contributed by atoms with Crippen LogP contribution in [0.15, 0.2) is 24.3 Å². The van der Waals surface area contributed by atoms with E-state index in [2.05, 4.69) is 5.32 Å². The van der Waals surface area contributed by atoms with Gasteiger partial charge in [-0.3, -0.25) is 4.79 Å². The van der Waals surface area contributed by atoms with Gasteiger partial charge < -0.3 is 10.4 Å². The van der Waals surface area contributed by atoms with E-state index < -0.39 is 5.91 Å². The molecule has 0 atom stereocenters. The maximum absolute atomic E-state index is 10.7. The summed E-state index contributed by atoms with van der Waals surface area (Å²) < 4.78 is 0. The van der Waals surface area contributed by atoms with E-state index >= 15 is 0 Å². The zero-order valence-corrected chi connectivity index (χ0v) is 6.95. The molecule has 0 aliphatic carbocycles. The lowest BCUT2D eigenvalue weighted by atomic mass is 10.2. The van der Waals surface area contributed by atoms with Gasteiger partial charge in [-0.1, -0.05) is 12.1 Å². The average Bonchev–Trinajstić information content (AvgIpc) is 2.14. The largest absolute Gasteiger partial charge is 0.508 e. The van der Waals surface area contributed by atoms with Crippen LogP contribution >= 0.6 is 0 Å². The summed E-state index contributed by atoms with van der Waals surface area (Å²) >= 11 is 0. The predicted molar refractivity (Wildman–Crippen MR) is 48.8 cm³/mol. The Labute approximate surface area is 76.4 Å². The van der Waals surface area contributed by atoms with Crippen LogP contribution in [0.4, 0.5) is 0 Å². The Balaban J connectivity index is 2.56. The number of hydrogen-bond donors (Lipinski definition) is 2. The Bertz CT molecular complexity index is 352. The van der Waals surface area contributed by atoms with Crippen LogP contribution in [0.3, 0.4) is 0 Å². The first-order chi connectivity index (χ1) is 6.22. The summed E-state index contributed by atoms with van der Waals surface area (Å²) in [4.78, 5) is 10.7. The first-order valence-electron chi connectivity index (χ1n) is 3.74. The molecule has 66 valence electrons. The molecule has 0 saturated carbocycles. The highest BCUT2D eigenvalue weighted by Crippen LogP contribution is 2.10. The van der Waals surface area contributed by atoms with Crippen molar-refractivity contribution < 1.29 is 9.90 Å². The Kier molecular flexibility index (Phi) is 2.93. The number of carbonyl (C=O) groups excluding carboxylic acids is 1. The van der Waals surface area contributed by atoms with Gasteiger partial charge >= 0.3 is 0 Å². The molecule has 0 aliphatic heterocycles. The van der Waals surface area contributed by atoms with Crippen molar-refractivity contribution in [3.8, 4) is 18.1 Å². The molecule has 3 nitrogen and oxygen atoms in total. The number of nitrogens with one attached hydrogen (secondary N) is 1. The van der Waals surface area contributed by atoms with E-state index in [0.717, 1.165) is 5.56 Å². The number of amides is 1. The zero-order valence-electron chi connectivity index (χ0n) is 6.95. The lowest BCUT2D eigenvalue weighted by Crippen LogP contribution is -2.20. The summed E-state index contributed by atoms with van der Waals surface area (Å²) in [5.41, 5.74) is 0.809. The number of carbonyl (C=O) groups is 1. The highest BCUT2D eigenvalue weighted by Gasteiger charge is 1.96. The van der Waals surface area contributed by atoms with Crippen LogP contribution in [-0.2, 0) is 11.3 Å². The van der Waals surface area contributed by atoms with Gasteiger partial charge in [0.25, 0.3) is 5.91 Å². The molecule has 1 aromatic rings. The molecule has 1 rings (SSSR count). The van der Waals surface area contributed by atoms with E-state index in [-0.39, 0.29) is 5.75 Å². The molecule has 0 aromatic heterocycles. The van der Waals surface area contributed by atoms with Crippen molar-refractivity contribution in [2.45, 2.75) is 6.54 Å². The molecule has 0 unspecified atom stereocenters. The third-order valence-electron chi connectivity index (χ3n) is 1.49. The second-order valence-corrected chi connectivity index (χ2v) is 2.50. The van der Waals surface area contributed by atoms with E-state index in [9.17, 15) is 4.79 Å². The normalized spacial score (nSPS) is 8.85. The van der Waals surface area contributed by atoms with Crippen molar-refractivity contribution in [3.05, 3.63) is 29.8 Å². The van der Waals surface area contributed by atoms with E-state index in [4.69, 9.17) is 11.5 Å². The maximum Gasteiger partial charge on any atom is 0.295 e. The van der Waals surface area contributed by atoms with E-state index in [0.29, 0.717) is 6.54 Å². The van der Waals surface area contributed by atoms with E-state index in [1.165, 1.54) is 0 Å². The molecule has 3 heteroatoms. The molecule has 1 aromatic carbocycles. The molecule has 0 heterocycles. The number of terminal acetylenes is 1. The first-order valence-corrected chi connectivity index (χ1v) is 3.74. The number of benzene rings is 1. The summed E-state index contributed by atoms with van der Waals surface area (Å²) in [6, 6.07) is 6.62. The molecular formula is C10H9NO2. The molecule has 0 radical (unpaired) electrons. The third kappa shape index (κ3) is 2.88. The van der Waals surface area contributed by atoms with Crippen LogP contribution < -0.4 is 5.32 Å². The SMILES string of the molecule is C#CC(=O)NCc1cccc(O)c1. The summed E-state index contributed by atoms with van der Waals surface area (Å²) in [5.74, 6) is 1.66. The van der Waals surface area contributed by atoms with Crippen LogP contribution in [0.5, 0.6) is 5.75 Å². The lowest BCUT2D eigenvalue weighted by Gasteiger charge is -2.01. The second kappa shape index (κ2) is 4.17. The fourth-order valence-corrected chi connectivity index (χ4v) is 0.900. The van der Waals surface area contributed by atoms with Crippen molar-refractivity contribution in [1.82, 2.24) is 5.32 Å². The molecule has 0 fully saturated rings. The number of phenolic OH excluding ortho intramolecular Hbond substituents is 1. The Morgan fingerprint density at radius 2 is 2.38 bits per heavy atom. The fourth-order valence-electron chi connectivity index (χ4n) is 0.900. The second-order valence-electron chi connectivity index (χ2n) is 2.50. The van der Waals surface area contributed by atoms with Gasteiger partial charge in [0.15, 0.2) is 0 Å². The Morgan fingerprint density at radius 3 is 3.00 bits per heavy atom. The van der Waals surface area contributed by atoms with Crippen LogP contribution in [0.1, 0.15) is 5.56 Å². The van der Waals surface area contributed by atoms with Gasteiger partial charge in [0.1, 0.15) is 5.75 Å². The number of aromatic hydroxyl groups is 1. The van der Waals surface area contributed by atoms with Crippen molar-refractivity contribution in [2.75, 3.05) is 0 Å². The summed E-state index contributed by atoms with van der Waals surface area (Å²) in [6.45, 7) is 0.331. The summed E-state index contributed by atoms with van der Waals surface area (Å²) in [7, 11) is 0. The summed E-state index contributed by atoms with van der Waals surface area (Å²) in [6.07, 6.45) is 4.85. The van der Waals surface area contributed by atoms with Crippen molar-refractivity contribution in [1.29, 1.82) is 0 Å². The highest BCUT2D eigenvalue weighted by molar-refractivity contribution is 5.92. The smallest absolute Gasteiger partial charge is 0.295 e. The Hall–Kier alpha value is -1.95. The summed E-state index contributed by atoms with van der Waals surface area (Å²) in [5, 5.41) is 11.6. The van der Waals surface area contributed by atoms with E-state index in [1.807, 2.05) is 5.92 Å². The van der Waals surface area contributed by atoms with Gasteiger partial charge in [0, 0.05) is 6.54 Å². The minimum Gasteiger partial charge on any atom is -0.508 e. The van der Waals surface area contributed by atoms with Crippen molar-refractivity contribution >= 4 is 5.91 Å². The molecule has 2 N–H and O–H groups in total. The monoisotopic (exact) mass is 175 g/mol. The highest BCUT2D eigenvalue weighted by atomic mass is 16.3. The lowest BCUT2D eigenvalue weighted by molar-refractivity contribution is -0.115. The quantitative estimate of drug-likeness (QED) is 0.648. The van der Waals surface area contributed by atoms with Gasteiger partial charge in [-0.05, 0) is 23.6 Å². The van der Waals surface area contributed by atoms with Crippen LogP contribution in [0, 0.1) is 12.3 Å². The minimum atomic E-state index is -0.455. The molecule has 0 saturated heterocycles. The van der Waals surface area contributed by atoms with Crippen molar-refractivity contribution in [2.24, 2.45) is 0 Å². The minimum absolute atomic E-state index is 0.174. The molecule has 0 bridgehead atoms. The van der Waals surface area contributed by atoms with Gasteiger partial charge in [0.05, 0.1) is 0 Å². The average molecular weight is 175 g/mol. The molecular weight excluding hydrogens is 166 g/mol. The van der Waals surface area contributed by atoms with E-state index in [1.54, 1.807) is 24.3 Å². The molecule has 0 spiro atoms. The van der Waals surface area contributed by atoms with Gasteiger partial charge in [-0.25, -0.2) is 0 Å². The molecule has 1 amide bonds. The predicted octanol–water partition coefficient (Wildman–Crippen LogP) is 0.642. The maximum atomic E-state index is 10.7. The standard InChI is InChI=1S/C10H9NO2/c1-2-10(13)11-7-8-4-3-5-9(12)6-8/h1,3-6,12H,7H2,(H,11,13). The van der Waals surface area contributed by atoms with Crippen LogP contribution in [0.25, 0.3) is 0 Å². The number of hydrogen-bond acceptors (Lipinski definition) is 2. The first kappa shape index (κ1) is 9.14. The topological polar surface area (TPSA) is 49.3 Å². The Morgan fingerprint density at radius 1 is 1.62 bits per heavy atom. The van der Waals surface area contributed by atoms with Gasteiger partial charge in [-0.15, -0.1) is 6.42 Å².